The molecule has 1 aromatic heterocycles. The predicted octanol–water partition coefficient (Wildman–Crippen LogP) is 3.41. The van der Waals surface area contributed by atoms with Crippen molar-refractivity contribution in [2.24, 2.45) is 5.41 Å². The highest BCUT2D eigenvalue weighted by atomic mass is 19.1. The number of likely N-dealkylation sites (tertiary alicyclic amines) is 1. The van der Waals surface area contributed by atoms with Crippen molar-refractivity contribution >= 4 is 17.6 Å². The molecule has 11 heteroatoms. The summed E-state index contributed by atoms with van der Waals surface area (Å²) in [5.74, 6) is 0.418. The second-order valence-corrected chi connectivity index (χ2v) is 11.1. The first kappa shape index (κ1) is 27.2. The lowest BCUT2D eigenvalue weighted by Gasteiger charge is -2.54. The Balaban J connectivity index is 1.26. The number of amides is 2. The van der Waals surface area contributed by atoms with Crippen LogP contribution in [0.4, 0.5) is 14.6 Å². The first-order valence-electron chi connectivity index (χ1n) is 13.7. The first-order valence-corrected chi connectivity index (χ1v) is 13.7. The molecule has 3 aliphatic heterocycles. The number of alkyl halides is 1. The van der Waals surface area contributed by atoms with Gasteiger partial charge in [0.05, 0.1) is 17.8 Å². The van der Waals surface area contributed by atoms with Gasteiger partial charge >= 0.3 is 0 Å². The van der Waals surface area contributed by atoms with E-state index in [1.165, 1.54) is 24.5 Å². The van der Waals surface area contributed by atoms with E-state index in [0.717, 1.165) is 25.9 Å². The zero-order valence-electron chi connectivity index (χ0n) is 22.7. The van der Waals surface area contributed by atoms with Gasteiger partial charge in [0.15, 0.2) is 11.6 Å². The van der Waals surface area contributed by atoms with E-state index >= 15 is 0 Å². The molecule has 2 aromatic rings. The van der Waals surface area contributed by atoms with Gasteiger partial charge in [-0.3, -0.25) is 9.59 Å². The van der Waals surface area contributed by atoms with Gasteiger partial charge in [-0.05, 0) is 51.8 Å². The second kappa shape index (κ2) is 11.0. The number of nitrogens with one attached hydrogen (secondary N) is 1. The van der Waals surface area contributed by atoms with Crippen molar-refractivity contribution in [1.82, 2.24) is 25.1 Å². The molecule has 1 spiro atoms. The van der Waals surface area contributed by atoms with E-state index in [9.17, 15) is 18.4 Å². The van der Waals surface area contributed by atoms with E-state index in [2.05, 4.69) is 20.2 Å². The molecule has 3 saturated heterocycles. The van der Waals surface area contributed by atoms with Crippen LogP contribution in [0.1, 0.15) is 50.4 Å². The van der Waals surface area contributed by atoms with Crippen LogP contribution in [0.2, 0.25) is 0 Å². The fraction of sp³-hybridized carbons (Fsp3) is 0.571. The molecule has 9 nitrogen and oxygen atoms in total. The van der Waals surface area contributed by atoms with Crippen molar-refractivity contribution in [3.8, 4) is 11.5 Å². The Labute approximate surface area is 227 Å². The van der Waals surface area contributed by atoms with Crippen LogP contribution in [0.3, 0.4) is 0 Å². The number of carbonyl (C=O) groups excluding carboxylic acids is 2. The summed E-state index contributed by atoms with van der Waals surface area (Å²) in [5.41, 5.74) is 0.217. The van der Waals surface area contributed by atoms with Gasteiger partial charge in [0.2, 0.25) is 5.91 Å². The molecule has 0 radical (unpaired) electrons. The molecule has 5 rings (SSSR count). The minimum absolute atomic E-state index is 0.00331. The number of aromatic nitrogens is 2. The number of hydrogen-bond donors (Lipinski definition) is 1. The van der Waals surface area contributed by atoms with E-state index in [-0.39, 0.29) is 47.5 Å². The largest absolute Gasteiger partial charge is 0.451 e. The standard InChI is InChI=1S/C28H36F2N6O3/c1-4-36(18(2)3)26(37)21-11-19(29)5-6-23(21)39-24-14-31-17-33-25(24)35-15-28(16-35)7-9-34(10-8-28)27(38)22-12-20(30)13-32-22/h5-6,11,14,17-18,20,22,32H,4,7-10,12-13,15-16H2,1-3H3/t20-,22-/m0/s1. The SMILES string of the molecule is CCN(C(=O)c1cc(F)ccc1Oc1cncnc1N1CC2(CCN(C(=O)[C@@H]3C[C@H](F)CN3)CC2)C1)C(C)C. The molecule has 1 aromatic carbocycles. The Morgan fingerprint density at radius 1 is 1.23 bits per heavy atom. The van der Waals surface area contributed by atoms with Crippen LogP contribution in [0, 0.1) is 11.2 Å². The zero-order chi connectivity index (χ0) is 27.7. The van der Waals surface area contributed by atoms with Gasteiger partial charge in [-0.25, -0.2) is 18.7 Å². The van der Waals surface area contributed by atoms with Crippen molar-refractivity contribution in [3.05, 3.63) is 42.1 Å². The Bertz CT molecular complexity index is 1210. The van der Waals surface area contributed by atoms with Gasteiger partial charge in [-0.2, -0.15) is 0 Å². The first-order chi connectivity index (χ1) is 18.7. The van der Waals surface area contributed by atoms with Crippen molar-refractivity contribution in [2.45, 2.75) is 58.3 Å². The molecule has 3 aliphatic rings. The topological polar surface area (TPSA) is 90.9 Å². The van der Waals surface area contributed by atoms with Crippen molar-refractivity contribution in [1.29, 1.82) is 0 Å². The van der Waals surface area contributed by atoms with Gasteiger partial charge in [0.1, 0.15) is 24.1 Å². The van der Waals surface area contributed by atoms with Crippen molar-refractivity contribution < 1.29 is 23.1 Å². The van der Waals surface area contributed by atoms with Crippen LogP contribution in [0.25, 0.3) is 0 Å². The number of piperidine rings is 1. The monoisotopic (exact) mass is 542 g/mol. The average Bonchev–Trinajstić information content (AvgIpc) is 3.34. The molecule has 0 bridgehead atoms. The lowest BCUT2D eigenvalue weighted by Crippen LogP contribution is -2.62. The maximum Gasteiger partial charge on any atom is 0.257 e. The Morgan fingerprint density at radius 2 is 1.97 bits per heavy atom. The predicted molar refractivity (Wildman–Crippen MR) is 142 cm³/mol. The van der Waals surface area contributed by atoms with E-state index in [4.69, 9.17) is 4.74 Å². The molecule has 0 aliphatic carbocycles. The molecular weight excluding hydrogens is 506 g/mol. The normalized spacial score (nSPS) is 22.2. The number of carbonyl (C=O) groups is 2. The van der Waals surface area contributed by atoms with Gasteiger partial charge < -0.3 is 24.8 Å². The molecule has 4 heterocycles. The van der Waals surface area contributed by atoms with E-state index < -0.39 is 18.0 Å². The molecule has 0 unspecified atom stereocenters. The molecule has 39 heavy (non-hydrogen) atoms. The van der Waals surface area contributed by atoms with Gasteiger partial charge in [0.25, 0.3) is 5.91 Å². The maximum atomic E-state index is 14.2. The summed E-state index contributed by atoms with van der Waals surface area (Å²) in [5, 5.41) is 2.99. The van der Waals surface area contributed by atoms with E-state index in [1.54, 1.807) is 11.1 Å². The number of nitrogens with zero attached hydrogens (tertiary/aromatic N) is 5. The van der Waals surface area contributed by atoms with Crippen LogP contribution >= 0.6 is 0 Å². The Hall–Kier alpha value is -3.34. The number of rotatable bonds is 7. The lowest BCUT2D eigenvalue weighted by atomic mass is 9.72. The van der Waals surface area contributed by atoms with Gasteiger partial charge in [-0.15, -0.1) is 0 Å². The van der Waals surface area contributed by atoms with Gasteiger partial charge in [0, 0.05) is 57.1 Å². The minimum Gasteiger partial charge on any atom is -0.451 e. The summed E-state index contributed by atoms with van der Waals surface area (Å²) in [7, 11) is 0. The quantitative estimate of drug-likeness (QED) is 0.574. The second-order valence-electron chi connectivity index (χ2n) is 11.1. The number of benzene rings is 1. The zero-order valence-corrected chi connectivity index (χ0v) is 22.7. The highest BCUT2D eigenvalue weighted by Gasteiger charge is 2.47. The van der Waals surface area contributed by atoms with Gasteiger partial charge in [-0.1, -0.05) is 0 Å². The third-order valence-corrected chi connectivity index (χ3v) is 8.14. The fourth-order valence-electron chi connectivity index (χ4n) is 5.93. The molecular formula is C28H36F2N6O3. The van der Waals surface area contributed by atoms with Crippen molar-refractivity contribution in [2.75, 3.05) is 44.2 Å². The number of halogens is 2. The number of hydrogen-bond acceptors (Lipinski definition) is 7. The lowest BCUT2D eigenvalue weighted by molar-refractivity contribution is -0.135. The van der Waals surface area contributed by atoms with Crippen LogP contribution in [0.15, 0.2) is 30.7 Å². The fourth-order valence-corrected chi connectivity index (χ4v) is 5.93. The average molecular weight is 543 g/mol. The van der Waals surface area contributed by atoms with Crippen molar-refractivity contribution in [3.63, 3.8) is 0 Å². The van der Waals surface area contributed by atoms with Crippen LogP contribution in [0.5, 0.6) is 11.5 Å². The van der Waals surface area contributed by atoms with Crippen LogP contribution < -0.4 is 15.0 Å². The van der Waals surface area contributed by atoms with E-state index in [1.807, 2.05) is 25.7 Å². The summed E-state index contributed by atoms with van der Waals surface area (Å²) >= 11 is 0. The highest BCUT2D eigenvalue weighted by Crippen LogP contribution is 2.45. The number of anilines is 1. The summed E-state index contributed by atoms with van der Waals surface area (Å²) in [6.07, 6.45) is 4.03. The molecule has 2 atom stereocenters. The molecule has 3 fully saturated rings. The summed E-state index contributed by atoms with van der Waals surface area (Å²) < 4.78 is 33.9. The molecule has 2 amide bonds. The maximum absolute atomic E-state index is 14.2. The van der Waals surface area contributed by atoms with Crippen LogP contribution in [-0.2, 0) is 4.79 Å². The molecule has 210 valence electrons. The number of ether oxygens (including phenoxy) is 1. The third kappa shape index (κ3) is 5.54. The van der Waals surface area contributed by atoms with E-state index in [0.29, 0.717) is 31.2 Å². The summed E-state index contributed by atoms with van der Waals surface area (Å²) in [6, 6.07) is 3.46. The highest BCUT2D eigenvalue weighted by molar-refractivity contribution is 5.97. The summed E-state index contributed by atoms with van der Waals surface area (Å²) in [6.45, 7) is 9.25. The minimum atomic E-state index is -0.954. The smallest absolute Gasteiger partial charge is 0.257 e. The Kier molecular flexibility index (Phi) is 7.70. The molecule has 1 N–H and O–H groups in total. The summed E-state index contributed by atoms with van der Waals surface area (Å²) in [4.78, 5) is 40.2. The Morgan fingerprint density at radius 3 is 2.62 bits per heavy atom. The molecule has 0 saturated carbocycles. The van der Waals surface area contributed by atoms with Crippen LogP contribution in [-0.4, -0.2) is 89.1 Å². The third-order valence-electron chi connectivity index (χ3n) is 8.14.